The highest BCUT2D eigenvalue weighted by atomic mass is 32.1. The van der Waals surface area contributed by atoms with E-state index in [1.807, 2.05) is 0 Å². The van der Waals surface area contributed by atoms with E-state index in [1.165, 1.54) is 41.8 Å². The minimum Gasteiger partial charge on any atom is -0.273 e. The Bertz CT molecular complexity index is 889. The molecule has 0 bridgehead atoms. The number of hydrogen-bond donors (Lipinski definition) is 1. The smallest absolute Gasteiger partial charge is 0.246 e. The molecule has 1 aromatic heterocycles. The second kappa shape index (κ2) is 7.76. The maximum Gasteiger partial charge on any atom is 0.246 e. The largest absolute Gasteiger partial charge is 0.273 e. The zero-order valence-corrected chi connectivity index (χ0v) is 13.8. The zero-order valence-electron chi connectivity index (χ0n) is 12.9. The number of benzene rings is 2. The summed E-state index contributed by atoms with van der Waals surface area (Å²) in [4.78, 5) is 16.2. The molecule has 1 N–H and O–H groups in total. The number of thiazole rings is 1. The Kier molecular flexibility index (Phi) is 5.25. The molecule has 25 heavy (non-hydrogen) atoms. The molecule has 4 nitrogen and oxygen atoms in total. The Hall–Kier alpha value is -2.93. The van der Waals surface area contributed by atoms with Gasteiger partial charge in [0.15, 0.2) is 0 Å². The number of hydrazone groups is 1. The summed E-state index contributed by atoms with van der Waals surface area (Å²) in [6.07, 6.45) is 1.51. The van der Waals surface area contributed by atoms with Crippen molar-refractivity contribution in [3.63, 3.8) is 0 Å². The van der Waals surface area contributed by atoms with Crippen molar-refractivity contribution in [2.45, 2.75) is 6.42 Å². The number of hydrogen-bond acceptors (Lipinski definition) is 4. The average Bonchev–Trinajstić information content (AvgIpc) is 3.06. The highest BCUT2D eigenvalue weighted by Gasteiger charge is 2.08. The minimum absolute atomic E-state index is 0.0818. The number of nitrogens with one attached hydrogen (secondary N) is 1. The van der Waals surface area contributed by atoms with E-state index in [0.29, 0.717) is 11.3 Å². The van der Waals surface area contributed by atoms with Crippen LogP contribution in [0.5, 0.6) is 0 Å². The van der Waals surface area contributed by atoms with Crippen molar-refractivity contribution in [3.8, 4) is 10.6 Å². The van der Waals surface area contributed by atoms with E-state index in [9.17, 15) is 13.6 Å². The number of nitrogens with zero attached hydrogens (tertiary/aromatic N) is 2. The van der Waals surface area contributed by atoms with Crippen LogP contribution < -0.4 is 5.43 Å². The Morgan fingerprint density at radius 2 is 1.72 bits per heavy atom. The van der Waals surface area contributed by atoms with Crippen LogP contribution in [0.1, 0.15) is 11.3 Å². The van der Waals surface area contributed by atoms with Crippen LogP contribution in [-0.4, -0.2) is 17.1 Å². The molecule has 0 saturated carbocycles. The third kappa shape index (κ3) is 4.77. The van der Waals surface area contributed by atoms with Crippen LogP contribution in [0.4, 0.5) is 8.78 Å². The fourth-order valence-electron chi connectivity index (χ4n) is 2.04. The summed E-state index contributed by atoms with van der Waals surface area (Å²) in [5.41, 5.74) is 4.49. The van der Waals surface area contributed by atoms with E-state index in [2.05, 4.69) is 15.5 Å². The first kappa shape index (κ1) is 16.9. The molecule has 0 saturated heterocycles. The molecule has 0 radical (unpaired) electrons. The summed E-state index contributed by atoms with van der Waals surface area (Å²) in [5, 5.41) is 6.33. The van der Waals surface area contributed by atoms with E-state index in [1.54, 1.807) is 29.6 Å². The van der Waals surface area contributed by atoms with Gasteiger partial charge in [-0.05, 0) is 42.0 Å². The summed E-state index contributed by atoms with van der Waals surface area (Å²) in [5.74, 6) is -0.949. The van der Waals surface area contributed by atoms with Gasteiger partial charge in [0.2, 0.25) is 5.91 Å². The number of carbonyl (C=O) groups excluding carboxylic acids is 1. The Morgan fingerprint density at radius 1 is 1.08 bits per heavy atom. The predicted molar refractivity (Wildman–Crippen MR) is 93.3 cm³/mol. The maximum absolute atomic E-state index is 12.9. The molecule has 1 amide bonds. The van der Waals surface area contributed by atoms with Gasteiger partial charge < -0.3 is 0 Å². The summed E-state index contributed by atoms with van der Waals surface area (Å²) in [6.45, 7) is 0. The van der Waals surface area contributed by atoms with Crippen LogP contribution >= 0.6 is 11.3 Å². The van der Waals surface area contributed by atoms with Crippen LogP contribution in [0.2, 0.25) is 0 Å². The van der Waals surface area contributed by atoms with E-state index in [4.69, 9.17) is 0 Å². The molecule has 0 aliphatic carbocycles. The lowest BCUT2D eigenvalue weighted by Gasteiger charge is -1.98. The average molecular weight is 357 g/mol. The first-order chi connectivity index (χ1) is 12.1. The second-order valence-corrected chi connectivity index (χ2v) is 6.03. The predicted octanol–water partition coefficient (Wildman–Crippen LogP) is 3.78. The van der Waals surface area contributed by atoms with Gasteiger partial charge in [-0.2, -0.15) is 5.10 Å². The van der Waals surface area contributed by atoms with Gasteiger partial charge in [0.1, 0.15) is 16.6 Å². The van der Waals surface area contributed by atoms with Crippen molar-refractivity contribution in [2.24, 2.45) is 5.10 Å². The van der Waals surface area contributed by atoms with Gasteiger partial charge in [0, 0.05) is 10.9 Å². The summed E-state index contributed by atoms with van der Waals surface area (Å²) < 4.78 is 25.7. The van der Waals surface area contributed by atoms with Gasteiger partial charge in [0.05, 0.1) is 18.3 Å². The lowest BCUT2D eigenvalue weighted by atomic mass is 10.2. The van der Waals surface area contributed by atoms with Gasteiger partial charge in [-0.25, -0.2) is 19.2 Å². The van der Waals surface area contributed by atoms with Crippen molar-refractivity contribution in [1.82, 2.24) is 10.4 Å². The van der Waals surface area contributed by atoms with Crippen LogP contribution in [0.3, 0.4) is 0 Å². The van der Waals surface area contributed by atoms with Gasteiger partial charge in [-0.3, -0.25) is 4.79 Å². The summed E-state index contributed by atoms with van der Waals surface area (Å²) in [6, 6.07) is 11.8. The Morgan fingerprint density at radius 3 is 2.40 bits per heavy atom. The molecule has 3 aromatic rings. The molecule has 0 aliphatic heterocycles. The molecule has 3 rings (SSSR count). The topological polar surface area (TPSA) is 54.4 Å². The van der Waals surface area contributed by atoms with Crippen molar-refractivity contribution in [3.05, 3.63) is 76.8 Å². The minimum atomic E-state index is -0.332. The number of rotatable bonds is 5. The van der Waals surface area contributed by atoms with Gasteiger partial charge >= 0.3 is 0 Å². The lowest BCUT2D eigenvalue weighted by molar-refractivity contribution is -0.120. The molecule has 0 fully saturated rings. The van der Waals surface area contributed by atoms with Crippen LogP contribution in [0.25, 0.3) is 10.6 Å². The number of amides is 1. The zero-order chi connectivity index (χ0) is 17.6. The highest BCUT2D eigenvalue weighted by Crippen LogP contribution is 2.24. The van der Waals surface area contributed by atoms with Crippen molar-refractivity contribution in [1.29, 1.82) is 0 Å². The van der Waals surface area contributed by atoms with Crippen LogP contribution in [0, 0.1) is 11.6 Å². The SMILES string of the molecule is O=C(Cc1csc(-c2ccc(F)cc2)n1)N/N=C\c1ccc(F)cc1. The Labute approximate surface area is 146 Å². The van der Waals surface area contributed by atoms with E-state index < -0.39 is 0 Å². The number of carbonyl (C=O) groups is 1. The second-order valence-electron chi connectivity index (χ2n) is 5.17. The standard InChI is InChI=1S/C18H13F2N3OS/c19-14-5-1-12(2-6-14)10-21-23-17(24)9-16-11-25-18(22-16)13-3-7-15(20)8-4-13/h1-8,10-11H,9H2,(H,23,24)/b21-10-. The molecule has 0 atom stereocenters. The third-order valence-corrected chi connectivity index (χ3v) is 4.20. The molecule has 0 spiro atoms. The Balaban J connectivity index is 1.56. The molecule has 1 heterocycles. The van der Waals surface area contributed by atoms with Crippen molar-refractivity contribution in [2.75, 3.05) is 0 Å². The quantitative estimate of drug-likeness (QED) is 0.558. The molecule has 126 valence electrons. The van der Waals surface area contributed by atoms with Crippen LogP contribution in [0.15, 0.2) is 59.0 Å². The van der Waals surface area contributed by atoms with E-state index in [-0.39, 0.29) is 24.0 Å². The highest BCUT2D eigenvalue weighted by molar-refractivity contribution is 7.13. The summed E-state index contributed by atoms with van der Waals surface area (Å²) in [7, 11) is 0. The van der Waals surface area contributed by atoms with Crippen molar-refractivity contribution < 1.29 is 13.6 Å². The number of aromatic nitrogens is 1. The number of halogens is 2. The lowest BCUT2D eigenvalue weighted by Crippen LogP contribution is -2.19. The fraction of sp³-hybridized carbons (Fsp3) is 0.0556. The fourth-order valence-corrected chi connectivity index (χ4v) is 2.87. The van der Waals surface area contributed by atoms with Gasteiger partial charge in [0.25, 0.3) is 0 Å². The molecular formula is C18H13F2N3OS. The van der Waals surface area contributed by atoms with E-state index >= 15 is 0 Å². The summed E-state index contributed by atoms with van der Waals surface area (Å²) >= 11 is 1.39. The molecule has 0 unspecified atom stereocenters. The third-order valence-electron chi connectivity index (χ3n) is 3.26. The monoisotopic (exact) mass is 357 g/mol. The first-order valence-corrected chi connectivity index (χ1v) is 8.26. The molecule has 2 aromatic carbocycles. The van der Waals surface area contributed by atoms with E-state index in [0.717, 1.165) is 10.6 Å². The van der Waals surface area contributed by atoms with Gasteiger partial charge in [-0.15, -0.1) is 11.3 Å². The maximum atomic E-state index is 12.9. The molecule has 0 aliphatic rings. The first-order valence-electron chi connectivity index (χ1n) is 7.38. The van der Waals surface area contributed by atoms with Crippen molar-refractivity contribution >= 4 is 23.5 Å². The normalized spacial score (nSPS) is 11.0. The molecular weight excluding hydrogens is 344 g/mol. The van der Waals surface area contributed by atoms with Gasteiger partial charge in [-0.1, -0.05) is 12.1 Å². The van der Waals surface area contributed by atoms with Crippen LogP contribution in [-0.2, 0) is 11.2 Å². The molecule has 7 heteroatoms.